The lowest BCUT2D eigenvalue weighted by Gasteiger charge is -2.07. The number of halogens is 2. The predicted molar refractivity (Wildman–Crippen MR) is 124 cm³/mol. The van der Waals surface area contributed by atoms with E-state index in [2.05, 4.69) is 15.6 Å². The minimum atomic E-state index is 0.332. The van der Waals surface area contributed by atoms with Gasteiger partial charge < -0.3 is 9.30 Å². The van der Waals surface area contributed by atoms with Gasteiger partial charge in [0.15, 0.2) is 11.0 Å². The summed E-state index contributed by atoms with van der Waals surface area (Å²) in [7, 11) is 1.93. The van der Waals surface area contributed by atoms with E-state index in [0.29, 0.717) is 17.4 Å². The Kier molecular flexibility index (Phi) is 6.63. The second-order valence-corrected chi connectivity index (χ2v) is 9.19. The number of benzene rings is 2. The number of nitrogens with zero attached hydrogens (tertiary/aromatic N) is 4. The molecule has 9 heteroatoms. The molecular weight excluding hydrogens is 459 g/mol. The van der Waals surface area contributed by atoms with Crippen molar-refractivity contribution in [1.82, 2.24) is 19.7 Å². The lowest BCUT2D eigenvalue weighted by Crippen LogP contribution is -2.04. The Morgan fingerprint density at radius 3 is 2.73 bits per heavy atom. The maximum Gasteiger partial charge on any atom is 0.191 e. The zero-order chi connectivity index (χ0) is 21.1. The summed E-state index contributed by atoms with van der Waals surface area (Å²) >= 11 is 15.5. The van der Waals surface area contributed by atoms with E-state index < -0.39 is 0 Å². The molecule has 0 spiro atoms. The van der Waals surface area contributed by atoms with Crippen LogP contribution in [0.2, 0.25) is 10.0 Å². The molecule has 4 rings (SSSR count). The third-order valence-corrected chi connectivity index (χ3v) is 7.16. The Labute approximate surface area is 193 Å². The smallest absolute Gasteiger partial charge is 0.191 e. The number of aryl methyl sites for hydroxylation is 1. The van der Waals surface area contributed by atoms with Gasteiger partial charge in [-0.15, -0.1) is 21.5 Å². The van der Waals surface area contributed by atoms with Crippen molar-refractivity contribution in [2.45, 2.75) is 24.4 Å². The van der Waals surface area contributed by atoms with E-state index in [1.165, 1.54) is 0 Å². The lowest BCUT2D eigenvalue weighted by molar-refractivity contribution is 0.290. The lowest BCUT2D eigenvalue weighted by atomic mass is 10.2. The molecule has 0 radical (unpaired) electrons. The molecule has 30 heavy (non-hydrogen) atoms. The van der Waals surface area contributed by atoms with E-state index in [0.717, 1.165) is 43.6 Å². The highest BCUT2D eigenvalue weighted by Gasteiger charge is 2.13. The molecule has 0 saturated carbocycles. The van der Waals surface area contributed by atoms with Gasteiger partial charge in [0.25, 0.3) is 0 Å². The Morgan fingerprint density at radius 1 is 1.10 bits per heavy atom. The summed E-state index contributed by atoms with van der Waals surface area (Å²) in [5.41, 5.74) is 2.91. The first-order valence-corrected chi connectivity index (χ1v) is 11.7. The topological polar surface area (TPSA) is 52.8 Å². The Hall–Kier alpha value is -2.06. The normalized spacial score (nSPS) is 11.1. The van der Waals surface area contributed by atoms with E-state index in [9.17, 15) is 0 Å². The van der Waals surface area contributed by atoms with Crippen LogP contribution < -0.4 is 4.74 Å². The number of aromatic nitrogens is 4. The van der Waals surface area contributed by atoms with Crippen LogP contribution >= 0.6 is 46.3 Å². The average molecular weight is 477 g/mol. The monoisotopic (exact) mass is 476 g/mol. The van der Waals surface area contributed by atoms with Crippen LogP contribution in [-0.4, -0.2) is 19.7 Å². The molecular formula is C21H18Cl2N4OS2. The zero-order valence-corrected chi connectivity index (χ0v) is 19.4. The molecule has 2 aromatic heterocycles. The van der Waals surface area contributed by atoms with Crippen LogP contribution in [0.5, 0.6) is 5.75 Å². The van der Waals surface area contributed by atoms with Crippen molar-refractivity contribution in [2.24, 2.45) is 7.05 Å². The van der Waals surface area contributed by atoms with E-state index in [1.807, 2.05) is 61.0 Å². The largest absolute Gasteiger partial charge is 0.486 e. The van der Waals surface area contributed by atoms with E-state index in [-0.39, 0.29) is 0 Å². The van der Waals surface area contributed by atoms with Gasteiger partial charge in [-0.1, -0.05) is 53.2 Å². The number of thioether (sulfide) groups is 1. The summed E-state index contributed by atoms with van der Waals surface area (Å²) in [6, 6.07) is 13.3. The van der Waals surface area contributed by atoms with Crippen molar-refractivity contribution in [3.63, 3.8) is 0 Å². The van der Waals surface area contributed by atoms with Crippen LogP contribution in [0.15, 0.2) is 53.0 Å². The predicted octanol–water partition coefficient (Wildman–Crippen LogP) is 6.43. The highest BCUT2D eigenvalue weighted by atomic mass is 35.5. The van der Waals surface area contributed by atoms with Gasteiger partial charge in [-0.3, -0.25) is 0 Å². The van der Waals surface area contributed by atoms with Gasteiger partial charge in [-0.2, -0.15) is 0 Å². The molecule has 0 saturated heterocycles. The summed E-state index contributed by atoms with van der Waals surface area (Å²) in [6.45, 7) is 2.28. The summed E-state index contributed by atoms with van der Waals surface area (Å²) in [6.07, 6.45) is 0. The SMILES string of the molecule is Cc1cc(OCc2nnc(SCc3csc(-c4ccccc4Cl)n3)n2C)ccc1Cl. The molecule has 4 aromatic rings. The van der Waals surface area contributed by atoms with Gasteiger partial charge in [-0.05, 0) is 36.8 Å². The van der Waals surface area contributed by atoms with Crippen LogP contribution in [0.1, 0.15) is 17.1 Å². The molecule has 5 nitrogen and oxygen atoms in total. The Bertz CT molecular complexity index is 1180. The highest BCUT2D eigenvalue weighted by Crippen LogP contribution is 2.31. The van der Waals surface area contributed by atoms with Crippen molar-refractivity contribution >= 4 is 46.3 Å². The molecule has 0 aliphatic rings. The molecule has 0 N–H and O–H groups in total. The quantitative estimate of drug-likeness (QED) is 0.287. The van der Waals surface area contributed by atoms with Crippen molar-refractivity contribution in [3.8, 4) is 16.3 Å². The van der Waals surface area contributed by atoms with E-state index in [1.54, 1.807) is 23.1 Å². The third kappa shape index (κ3) is 4.81. The molecule has 0 aliphatic carbocycles. The Morgan fingerprint density at radius 2 is 1.93 bits per heavy atom. The first-order valence-electron chi connectivity index (χ1n) is 9.10. The summed E-state index contributed by atoms with van der Waals surface area (Å²) < 4.78 is 7.77. The van der Waals surface area contributed by atoms with E-state index in [4.69, 9.17) is 32.9 Å². The maximum atomic E-state index is 6.28. The molecule has 2 aromatic carbocycles. The molecule has 0 bridgehead atoms. The van der Waals surface area contributed by atoms with Gasteiger partial charge in [-0.25, -0.2) is 4.98 Å². The second-order valence-electron chi connectivity index (χ2n) is 6.57. The summed E-state index contributed by atoms with van der Waals surface area (Å²) in [5.74, 6) is 2.20. The minimum Gasteiger partial charge on any atom is -0.486 e. The highest BCUT2D eigenvalue weighted by molar-refractivity contribution is 7.98. The number of hydrogen-bond acceptors (Lipinski definition) is 6. The number of thiazole rings is 1. The molecule has 154 valence electrons. The molecule has 0 fully saturated rings. The first kappa shape index (κ1) is 21.2. The fraction of sp³-hybridized carbons (Fsp3) is 0.190. The maximum absolute atomic E-state index is 6.28. The fourth-order valence-corrected chi connectivity index (χ4v) is 4.91. The molecule has 0 amide bonds. The van der Waals surface area contributed by atoms with Crippen LogP contribution in [0.3, 0.4) is 0 Å². The summed E-state index contributed by atoms with van der Waals surface area (Å²) in [5, 5.41) is 13.7. The van der Waals surface area contributed by atoms with Gasteiger partial charge >= 0.3 is 0 Å². The minimum absolute atomic E-state index is 0.332. The van der Waals surface area contributed by atoms with Crippen molar-refractivity contribution in [3.05, 3.63) is 75.0 Å². The first-order chi connectivity index (χ1) is 14.5. The molecule has 0 atom stereocenters. The van der Waals surface area contributed by atoms with Crippen LogP contribution in [-0.2, 0) is 19.4 Å². The number of hydrogen-bond donors (Lipinski definition) is 0. The summed E-state index contributed by atoms with van der Waals surface area (Å²) in [4.78, 5) is 4.70. The van der Waals surface area contributed by atoms with Crippen molar-refractivity contribution in [1.29, 1.82) is 0 Å². The second kappa shape index (κ2) is 9.39. The average Bonchev–Trinajstić information content (AvgIpc) is 3.34. The van der Waals surface area contributed by atoms with E-state index >= 15 is 0 Å². The number of rotatable bonds is 7. The standard InChI is InChI=1S/C21H18Cl2N4OS2/c1-13-9-15(7-8-17(13)22)28-10-19-25-26-21(27(19)2)30-12-14-11-29-20(24-14)16-5-3-4-6-18(16)23/h3-9,11H,10,12H2,1-2H3. The molecule has 2 heterocycles. The van der Waals surface area contributed by atoms with Gasteiger partial charge in [0.05, 0.1) is 10.7 Å². The number of ether oxygens (including phenoxy) is 1. The molecule has 0 unspecified atom stereocenters. The zero-order valence-electron chi connectivity index (χ0n) is 16.3. The van der Waals surface area contributed by atoms with Crippen LogP contribution in [0.25, 0.3) is 10.6 Å². The molecule has 0 aliphatic heterocycles. The van der Waals surface area contributed by atoms with Crippen LogP contribution in [0, 0.1) is 6.92 Å². The van der Waals surface area contributed by atoms with Crippen LogP contribution in [0.4, 0.5) is 0 Å². The van der Waals surface area contributed by atoms with Gasteiger partial charge in [0.1, 0.15) is 17.4 Å². The van der Waals surface area contributed by atoms with Crippen molar-refractivity contribution in [2.75, 3.05) is 0 Å². The van der Waals surface area contributed by atoms with Crippen molar-refractivity contribution < 1.29 is 4.74 Å². The fourth-order valence-electron chi connectivity index (χ4n) is 2.72. The Balaban J connectivity index is 1.38. The third-order valence-electron chi connectivity index (χ3n) is 4.43. The van der Waals surface area contributed by atoms with Gasteiger partial charge in [0.2, 0.25) is 0 Å². The van der Waals surface area contributed by atoms with Gasteiger partial charge in [0, 0.05) is 28.8 Å².